The van der Waals surface area contributed by atoms with Crippen molar-refractivity contribution in [2.75, 3.05) is 12.3 Å². The molecular weight excluding hydrogens is 224 g/mol. The number of benzene rings is 1. The summed E-state index contributed by atoms with van der Waals surface area (Å²) in [6, 6.07) is 8.25. The number of nitrogens with zero attached hydrogens (tertiary/aromatic N) is 1. The highest BCUT2D eigenvalue weighted by molar-refractivity contribution is 5.83. The molecule has 2 N–H and O–H groups in total. The van der Waals surface area contributed by atoms with E-state index < -0.39 is 0 Å². The second-order valence-corrected chi connectivity index (χ2v) is 5.10. The fourth-order valence-electron chi connectivity index (χ4n) is 2.76. The van der Waals surface area contributed by atoms with Gasteiger partial charge >= 0.3 is 0 Å². The Morgan fingerprint density at radius 3 is 3.11 bits per heavy atom. The Hall–Kier alpha value is -1.48. The van der Waals surface area contributed by atoms with Crippen molar-refractivity contribution in [2.45, 2.75) is 38.3 Å². The second kappa shape index (κ2) is 5.02. The molecule has 2 heterocycles. The van der Waals surface area contributed by atoms with Gasteiger partial charge in [0.15, 0.2) is 0 Å². The van der Waals surface area contributed by atoms with Gasteiger partial charge in [0.2, 0.25) is 0 Å². The van der Waals surface area contributed by atoms with Crippen LogP contribution in [0.5, 0.6) is 0 Å². The predicted octanol–water partition coefficient (Wildman–Crippen LogP) is 3.18. The van der Waals surface area contributed by atoms with E-state index in [1.54, 1.807) is 0 Å². The van der Waals surface area contributed by atoms with Gasteiger partial charge in [-0.25, -0.2) is 0 Å². The largest absolute Gasteiger partial charge is 0.399 e. The topological polar surface area (TPSA) is 40.2 Å². The highest BCUT2D eigenvalue weighted by Crippen LogP contribution is 2.21. The zero-order chi connectivity index (χ0) is 12.4. The van der Waals surface area contributed by atoms with Crippen LogP contribution >= 0.6 is 0 Å². The van der Waals surface area contributed by atoms with Crippen molar-refractivity contribution >= 4 is 16.6 Å². The normalized spacial score (nSPS) is 19.7. The molecule has 3 heteroatoms. The van der Waals surface area contributed by atoms with Crippen molar-refractivity contribution in [3.8, 4) is 0 Å². The number of anilines is 1. The van der Waals surface area contributed by atoms with Crippen LogP contribution in [0, 0.1) is 0 Å². The van der Waals surface area contributed by atoms with Crippen LogP contribution in [0.15, 0.2) is 30.5 Å². The Labute approximate surface area is 108 Å². The predicted molar refractivity (Wildman–Crippen MR) is 74.6 cm³/mol. The van der Waals surface area contributed by atoms with Gasteiger partial charge in [0.1, 0.15) is 0 Å². The monoisotopic (exact) mass is 244 g/mol. The van der Waals surface area contributed by atoms with Crippen LogP contribution < -0.4 is 5.73 Å². The van der Waals surface area contributed by atoms with Crippen molar-refractivity contribution in [2.24, 2.45) is 0 Å². The number of nitrogen functional groups attached to an aromatic ring is 1. The Morgan fingerprint density at radius 2 is 2.28 bits per heavy atom. The maximum absolute atomic E-state index is 5.85. The fraction of sp³-hybridized carbons (Fsp3) is 0.467. The summed E-state index contributed by atoms with van der Waals surface area (Å²) in [5.74, 6) is 0. The van der Waals surface area contributed by atoms with Crippen LogP contribution in [0.1, 0.15) is 25.7 Å². The van der Waals surface area contributed by atoms with Gasteiger partial charge in [-0.05, 0) is 49.3 Å². The highest BCUT2D eigenvalue weighted by atomic mass is 16.5. The summed E-state index contributed by atoms with van der Waals surface area (Å²) in [6.07, 6.45) is 7.45. The highest BCUT2D eigenvalue weighted by Gasteiger charge is 2.14. The number of rotatable bonds is 4. The minimum atomic E-state index is 0.497. The van der Waals surface area contributed by atoms with Gasteiger partial charge in [0, 0.05) is 25.0 Å². The maximum Gasteiger partial charge on any atom is 0.0576 e. The summed E-state index contributed by atoms with van der Waals surface area (Å²) in [6.45, 7) is 2.00. The van der Waals surface area contributed by atoms with Gasteiger partial charge in [0.05, 0.1) is 11.6 Å². The number of hydrogen-bond acceptors (Lipinski definition) is 2. The van der Waals surface area contributed by atoms with E-state index in [2.05, 4.69) is 29.0 Å². The summed E-state index contributed by atoms with van der Waals surface area (Å²) in [5.41, 5.74) is 7.92. The number of aryl methyl sites for hydroxylation is 1. The molecular formula is C15H20N2O. The molecule has 0 radical (unpaired) electrons. The number of hydrogen-bond donors (Lipinski definition) is 1. The smallest absolute Gasteiger partial charge is 0.0576 e. The zero-order valence-corrected chi connectivity index (χ0v) is 10.6. The Morgan fingerprint density at radius 1 is 1.33 bits per heavy atom. The summed E-state index contributed by atoms with van der Waals surface area (Å²) in [4.78, 5) is 0. The molecule has 0 bridgehead atoms. The molecule has 2 aromatic rings. The lowest BCUT2D eigenvalue weighted by Gasteiger charge is -2.10. The molecule has 1 aromatic carbocycles. The van der Waals surface area contributed by atoms with Gasteiger partial charge < -0.3 is 15.0 Å². The van der Waals surface area contributed by atoms with Crippen molar-refractivity contribution in [3.63, 3.8) is 0 Å². The van der Waals surface area contributed by atoms with E-state index in [-0.39, 0.29) is 0 Å². The van der Waals surface area contributed by atoms with Crippen LogP contribution in [0.25, 0.3) is 10.9 Å². The standard InChI is InChI=1S/C15H20N2O/c16-13-6-5-12-7-9-17(15(12)11-13)8-1-3-14-4-2-10-18-14/h5-7,9,11,14H,1-4,8,10,16H2. The molecule has 1 aliphatic rings. The van der Waals surface area contributed by atoms with Gasteiger partial charge in [-0.1, -0.05) is 6.07 Å². The molecule has 18 heavy (non-hydrogen) atoms. The molecule has 1 unspecified atom stereocenters. The van der Waals surface area contributed by atoms with E-state index >= 15 is 0 Å². The molecule has 1 aromatic heterocycles. The van der Waals surface area contributed by atoms with Gasteiger partial charge in [0.25, 0.3) is 0 Å². The summed E-state index contributed by atoms with van der Waals surface area (Å²) in [7, 11) is 0. The third-order valence-electron chi connectivity index (χ3n) is 3.75. The molecule has 0 amide bonds. The van der Waals surface area contributed by atoms with Crippen LogP contribution in [0.2, 0.25) is 0 Å². The van der Waals surface area contributed by atoms with E-state index in [4.69, 9.17) is 10.5 Å². The van der Waals surface area contributed by atoms with Crippen molar-refractivity contribution < 1.29 is 4.74 Å². The van der Waals surface area contributed by atoms with Crippen molar-refractivity contribution in [1.82, 2.24) is 4.57 Å². The molecule has 1 atom stereocenters. The van der Waals surface area contributed by atoms with Crippen molar-refractivity contribution in [3.05, 3.63) is 30.5 Å². The third-order valence-corrected chi connectivity index (χ3v) is 3.75. The number of ether oxygens (including phenoxy) is 1. The number of nitrogens with two attached hydrogens (primary N) is 1. The molecule has 1 aliphatic heterocycles. The van der Waals surface area contributed by atoms with E-state index in [1.165, 1.54) is 36.6 Å². The first-order valence-electron chi connectivity index (χ1n) is 6.79. The lowest BCUT2D eigenvalue weighted by Crippen LogP contribution is -2.06. The second-order valence-electron chi connectivity index (χ2n) is 5.10. The molecule has 1 fully saturated rings. The van der Waals surface area contributed by atoms with Crippen LogP contribution in [0.4, 0.5) is 5.69 Å². The van der Waals surface area contributed by atoms with Crippen LogP contribution in [-0.4, -0.2) is 17.3 Å². The average molecular weight is 244 g/mol. The molecule has 1 saturated heterocycles. The summed E-state index contributed by atoms with van der Waals surface area (Å²) >= 11 is 0. The molecule has 0 aliphatic carbocycles. The lowest BCUT2D eigenvalue weighted by atomic mass is 10.1. The average Bonchev–Trinajstić information content (AvgIpc) is 2.99. The number of aromatic nitrogens is 1. The molecule has 3 nitrogen and oxygen atoms in total. The maximum atomic E-state index is 5.85. The van der Waals surface area contributed by atoms with E-state index in [0.717, 1.165) is 18.8 Å². The first kappa shape index (κ1) is 11.6. The number of fused-ring (bicyclic) bond motifs is 1. The molecule has 3 rings (SSSR count). The quantitative estimate of drug-likeness (QED) is 0.839. The molecule has 0 saturated carbocycles. The molecule has 96 valence electrons. The van der Waals surface area contributed by atoms with E-state index in [9.17, 15) is 0 Å². The van der Waals surface area contributed by atoms with Crippen LogP contribution in [0.3, 0.4) is 0 Å². The fourth-order valence-corrected chi connectivity index (χ4v) is 2.76. The molecule has 0 spiro atoms. The first-order valence-corrected chi connectivity index (χ1v) is 6.79. The van der Waals surface area contributed by atoms with Crippen molar-refractivity contribution in [1.29, 1.82) is 0 Å². The zero-order valence-electron chi connectivity index (χ0n) is 10.6. The first-order chi connectivity index (χ1) is 8.83. The lowest BCUT2D eigenvalue weighted by molar-refractivity contribution is 0.101. The minimum absolute atomic E-state index is 0.497. The van der Waals surface area contributed by atoms with E-state index in [1.807, 2.05) is 6.07 Å². The summed E-state index contributed by atoms with van der Waals surface area (Å²) in [5, 5.41) is 1.27. The van der Waals surface area contributed by atoms with Gasteiger partial charge in [-0.2, -0.15) is 0 Å². The van der Waals surface area contributed by atoms with Crippen LogP contribution in [-0.2, 0) is 11.3 Å². The Bertz CT molecular complexity index is 526. The third kappa shape index (κ3) is 2.36. The van der Waals surface area contributed by atoms with Gasteiger partial charge in [-0.3, -0.25) is 0 Å². The Kier molecular flexibility index (Phi) is 3.24. The summed E-state index contributed by atoms with van der Waals surface area (Å²) < 4.78 is 7.94. The SMILES string of the molecule is Nc1ccc2ccn(CCCC3CCCO3)c2c1. The van der Waals surface area contributed by atoms with Gasteiger partial charge in [-0.15, -0.1) is 0 Å². The Balaban J connectivity index is 1.65. The van der Waals surface area contributed by atoms with E-state index in [0.29, 0.717) is 6.10 Å². The minimum Gasteiger partial charge on any atom is -0.399 e.